The minimum atomic E-state index is -0.0996. The summed E-state index contributed by atoms with van der Waals surface area (Å²) >= 11 is 1.66. The molecule has 0 unspecified atom stereocenters. The van der Waals surface area contributed by atoms with Crippen LogP contribution in [0.4, 0.5) is 0 Å². The number of thiazole rings is 1. The number of likely N-dealkylation sites (tertiary alicyclic amines) is 1. The van der Waals surface area contributed by atoms with E-state index in [0.717, 1.165) is 61.7 Å². The molecule has 1 saturated carbocycles. The van der Waals surface area contributed by atoms with Crippen LogP contribution >= 0.6 is 11.3 Å². The van der Waals surface area contributed by atoms with Crippen molar-refractivity contribution in [3.05, 3.63) is 46.0 Å². The van der Waals surface area contributed by atoms with Gasteiger partial charge in [0.2, 0.25) is 5.91 Å². The molecule has 2 aromatic heterocycles. The molecule has 3 aromatic rings. The molecule has 1 amide bonds. The van der Waals surface area contributed by atoms with Crippen LogP contribution in [0.2, 0.25) is 0 Å². The number of amides is 1. The molecule has 6 rings (SSSR count). The molecule has 3 aliphatic rings. The number of rotatable bonds is 6. The van der Waals surface area contributed by atoms with Crippen LogP contribution < -0.4 is 4.74 Å². The van der Waals surface area contributed by atoms with Gasteiger partial charge in [-0.25, -0.2) is 4.98 Å². The van der Waals surface area contributed by atoms with E-state index >= 15 is 0 Å². The second-order valence-electron chi connectivity index (χ2n) is 10.5. The van der Waals surface area contributed by atoms with Gasteiger partial charge in [-0.15, -0.1) is 11.3 Å². The summed E-state index contributed by atoms with van der Waals surface area (Å²) in [5.74, 6) is 1.78. The Labute approximate surface area is 210 Å². The smallest absolute Gasteiger partial charge is 0.222 e. The lowest BCUT2D eigenvalue weighted by molar-refractivity contribution is -0.133. The molecule has 186 valence electrons. The highest BCUT2D eigenvalue weighted by molar-refractivity contribution is 7.09. The van der Waals surface area contributed by atoms with Crippen molar-refractivity contribution in [2.45, 2.75) is 50.1 Å². The Morgan fingerprint density at radius 1 is 1.29 bits per heavy atom. The van der Waals surface area contributed by atoms with E-state index in [2.05, 4.69) is 38.5 Å². The zero-order valence-electron chi connectivity index (χ0n) is 20.6. The fraction of sp³-hybridized carbons (Fsp3) is 0.556. The Balaban J connectivity index is 1.42. The lowest BCUT2D eigenvalue weighted by atomic mass is 9.68. The molecule has 1 aromatic carbocycles. The number of aliphatic hydroxyl groups excluding tert-OH is 1. The van der Waals surface area contributed by atoms with Gasteiger partial charge in [0.15, 0.2) is 0 Å². The third-order valence-corrected chi connectivity index (χ3v) is 9.24. The maximum atomic E-state index is 12.9. The summed E-state index contributed by atoms with van der Waals surface area (Å²) in [6.45, 7) is 3.24. The van der Waals surface area contributed by atoms with Gasteiger partial charge in [0.1, 0.15) is 10.8 Å². The highest BCUT2D eigenvalue weighted by Crippen LogP contribution is 2.50. The van der Waals surface area contributed by atoms with E-state index in [1.165, 1.54) is 29.5 Å². The quantitative estimate of drug-likeness (QED) is 0.564. The first-order chi connectivity index (χ1) is 17.0. The summed E-state index contributed by atoms with van der Waals surface area (Å²) in [6.07, 6.45) is 6.87. The van der Waals surface area contributed by atoms with Crippen LogP contribution in [0.3, 0.4) is 0 Å². The number of aryl methyl sites for hydroxylation is 1. The molecule has 7 nitrogen and oxygen atoms in total. The Bertz CT molecular complexity index is 1230. The lowest BCUT2D eigenvalue weighted by Gasteiger charge is -2.50. The van der Waals surface area contributed by atoms with Gasteiger partial charge in [-0.1, -0.05) is 0 Å². The number of carbonyl (C=O) groups excluding carboxylic acids is 1. The summed E-state index contributed by atoms with van der Waals surface area (Å²) in [6, 6.07) is 6.23. The van der Waals surface area contributed by atoms with Crippen molar-refractivity contribution >= 4 is 28.1 Å². The maximum absolute atomic E-state index is 12.9. The Hall–Kier alpha value is -2.42. The zero-order valence-corrected chi connectivity index (χ0v) is 21.4. The molecule has 35 heavy (non-hydrogen) atoms. The van der Waals surface area contributed by atoms with Gasteiger partial charge in [0.25, 0.3) is 0 Å². The molecule has 2 aliphatic heterocycles. The van der Waals surface area contributed by atoms with Gasteiger partial charge in [-0.05, 0) is 49.3 Å². The largest absolute Gasteiger partial charge is 0.497 e. The number of benzene rings is 1. The molecule has 2 fully saturated rings. The molecule has 1 N–H and O–H groups in total. The maximum Gasteiger partial charge on any atom is 0.222 e. The van der Waals surface area contributed by atoms with Crippen molar-refractivity contribution in [3.8, 4) is 5.75 Å². The average molecular weight is 495 g/mol. The van der Waals surface area contributed by atoms with Crippen molar-refractivity contribution in [1.29, 1.82) is 0 Å². The highest BCUT2D eigenvalue weighted by Gasteiger charge is 2.48. The van der Waals surface area contributed by atoms with E-state index in [4.69, 9.17) is 4.74 Å². The van der Waals surface area contributed by atoms with Crippen LogP contribution in [0.5, 0.6) is 5.75 Å². The molecule has 1 atom stereocenters. The third-order valence-electron chi connectivity index (χ3n) is 8.47. The van der Waals surface area contributed by atoms with E-state index < -0.39 is 0 Å². The first kappa shape index (κ1) is 23.0. The van der Waals surface area contributed by atoms with Gasteiger partial charge < -0.3 is 19.3 Å². The summed E-state index contributed by atoms with van der Waals surface area (Å²) in [7, 11) is 3.81. The molecular weight excluding hydrogens is 460 g/mol. The number of nitrogens with zero attached hydrogens (tertiary/aromatic N) is 4. The first-order valence-electron chi connectivity index (χ1n) is 12.7. The van der Waals surface area contributed by atoms with Crippen molar-refractivity contribution < 1.29 is 14.6 Å². The fourth-order valence-corrected chi connectivity index (χ4v) is 7.07. The van der Waals surface area contributed by atoms with Crippen LogP contribution in [-0.2, 0) is 23.8 Å². The van der Waals surface area contributed by atoms with Crippen LogP contribution in [0.25, 0.3) is 10.9 Å². The van der Waals surface area contributed by atoms with Crippen molar-refractivity contribution in [2.75, 3.05) is 33.4 Å². The van der Waals surface area contributed by atoms with E-state index in [-0.39, 0.29) is 18.1 Å². The number of piperidine rings is 1. The van der Waals surface area contributed by atoms with E-state index in [1.807, 2.05) is 17.6 Å². The Morgan fingerprint density at radius 3 is 2.74 bits per heavy atom. The predicted molar refractivity (Wildman–Crippen MR) is 137 cm³/mol. The molecule has 0 bridgehead atoms. The van der Waals surface area contributed by atoms with Gasteiger partial charge >= 0.3 is 0 Å². The molecule has 4 heterocycles. The minimum absolute atomic E-state index is 0.0573. The molecular formula is C27H34N4O3S. The predicted octanol–water partition coefficient (Wildman–Crippen LogP) is 3.85. The van der Waals surface area contributed by atoms with Gasteiger partial charge in [0.05, 0.1) is 31.8 Å². The lowest BCUT2D eigenvalue weighted by Crippen LogP contribution is -2.54. The normalized spacial score (nSPS) is 22.0. The van der Waals surface area contributed by atoms with Crippen LogP contribution in [-0.4, -0.2) is 63.7 Å². The molecule has 0 radical (unpaired) electrons. The number of hydrogen-bond donors (Lipinski definition) is 1. The molecule has 1 spiro atoms. The SMILES string of the molecule is COc1ccc2c3c(n(C)c2c1)[C@H](CO)N(Cc1nccs1)CC31CCN(C(=O)CC2CC2)CC1. The monoisotopic (exact) mass is 494 g/mol. The summed E-state index contributed by atoms with van der Waals surface area (Å²) in [4.78, 5) is 21.9. The Morgan fingerprint density at radius 2 is 2.09 bits per heavy atom. The number of fused-ring (bicyclic) bond motifs is 4. The average Bonchev–Trinajstić information content (AvgIpc) is 3.44. The molecule has 1 saturated heterocycles. The van der Waals surface area contributed by atoms with Gasteiger partial charge in [0, 0.05) is 67.2 Å². The third kappa shape index (κ3) is 3.96. The van der Waals surface area contributed by atoms with E-state index in [0.29, 0.717) is 11.8 Å². The van der Waals surface area contributed by atoms with Crippen LogP contribution in [0, 0.1) is 5.92 Å². The highest BCUT2D eigenvalue weighted by atomic mass is 32.1. The van der Waals surface area contributed by atoms with Crippen LogP contribution in [0.15, 0.2) is 29.8 Å². The van der Waals surface area contributed by atoms with Crippen molar-refractivity contribution in [1.82, 2.24) is 19.4 Å². The van der Waals surface area contributed by atoms with E-state index in [9.17, 15) is 9.90 Å². The van der Waals surface area contributed by atoms with Crippen molar-refractivity contribution in [2.24, 2.45) is 13.0 Å². The summed E-state index contributed by atoms with van der Waals surface area (Å²) in [5, 5.41) is 15.0. The molecule has 8 heteroatoms. The second-order valence-corrected chi connectivity index (χ2v) is 11.5. The number of hydrogen-bond acceptors (Lipinski definition) is 6. The number of carbonyl (C=O) groups is 1. The van der Waals surface area contributed by atoms with Crippen LogP contribution in [0.1, 0.15) is 54.4 Å². The van der Waals surface area contributed by atoms with Crippen molar-refractivity contribution in [3.63, 3.8) is 0 Å². The number of aromatic nitrogens is 2. The first-order valence-corrected chi connectivity index (χ1v) is 13.6. The second kappa shape index (κ2) is 8.91. The Kier molecular flexibility index (Phi) is 5.86. The molecule has 1 aliphatic carbocycles. The number of aliphatic hydroxyl groups is 1. The summed E-state index contributed by atoms with van der Waals surface area (Å²) in [5.41, 5.74) is 3.62. The van der Waals surface area contributed by atoms with E-state index in [1.54, 1.807) is 18.4 Å². The number of ether oxygens (including phenoxy) is 1. The topological polar surface area (TPSA) is 70.8 Å². The standard InChI is InChI=1S/C27H34N4O3S/c1-29-21-14-19(34-2)5-6-20(21)25-26(29)22(16-32)31(15-23-28-9-12-35-23)17-27(25)7-10-30(11-8-27)24(33)13-18-3-4-18/h5-6,9,12,14,18,22,32H,3-4,7-8,10-11,13,15-17H2,1-2H3/t22-/m0/s1. The van der Waals surface area contributed by atoms with Gasteiger partial charge in [-0.3, -0.25) is 9.69 Å². The van der Waals surface area contributed by atoms with Gasteiger partial charge in [-0.2, -0.15) is 0 Å². The number of methoxy groups -OCH3 is 1. The fourth-order valence-electron chi connectivity index (χ4n) is 6.42. The minimum Gasteiger partial charge on any atom is -0.497 e. The zero-order chi connectivity index (χ0) is 24.2. The summed E-state index contributed by atoms with van der Waals surface area (Å²) < 4.78 is 7.80.